The van der Waals surface area contributed by atoms with E-state index in [9.17, 15) is 4.79 Å². The standard InChI is InChI=1S/C28H26Br2ClN3O3/c1-4-17(3)27-33-22-12-11-20(29)14-21(22)28(35)34(27)32-15-19-13-23(36-5-2)26(25(31)24(19)30)37-16-18-9-7-6-8-10-18/h6-15,17H,4-5,16H2,1-3H3/t17-/m1/s1. The van der Waals surface area contributed by atoms with Crippen LogP contribution in [0.25, 0.3) is 10.9 Å². The molecule has 0 fully saturated rings. The number of ether oxygens (including phenoxy) is 2. The number of benzene rings is 3. The lowest BCUT2D eigenvalue weighted by molar-refractivity contribution is 0.269. The minimum atomic E-state index is -0.243. The molecule has 0 aliphatic rings. The van der Waals surface area contributed by atoms with Crippen molar-refractivity contribution in [2.75, 3.05) is 6.61 Å². The lowest BCUT2D eigenvalue weighted by atomic mass is 10.1. The molecule has 0 unspecified atom stereocenters. The molecule has 4 aromatic rings. The van der Waals surface area contributed by atoms with Crippen LogP contribution in [0.5, 0.6) is 11.5 Å². The van der Waals surface area contributed by atoms with Gasteiger partial charge in [0.1, 0.15) is 17.5 Å². The molecule has 6 nitrogen and oxygen atoms in total. The molecule has 9 heteroatoms. The van der Waals surface area contributed by atoms with E-state index in [1.807, 2.05) is 56.3 Å². The summed E-state index contributed by atoms with van der Waals surface area (Å²) >= 11 is 13.7. The van der Waals surface area contributed by atoms with Crippen molar-refractivity contribution in [2.45, 2.75) is 39.7 Å². The second kappa shape index (κ2) is 12.2. The maximum absolute atomic E-state index is 13.4. The Hall–Kier alpha value is -2.68. The summed E-state index contributed by atoms with van der Waals surface area (Å²) in [5, 5.41) is 5.41. The Kier molecular flexibility index (Phi) is 9.05. The molecular formula is C28H26Br2ClN3O3. The van der Waals surface area contributed by atoms with Gasteiger partial charge in [0.25, 0.3) is 5.56 Å². The van der Waals surface area contributed by atoms with Crippen LogP contribution < -0.4 is 15.0 Å². The van der Waals surface area contributed by atoms with E-state index in [1.165, 1.54) is 4.68 Å². The number of halogens is 3. The Labute approximate surface area is 237 Å². The Bertz CT molecular complexity index is 1510. The summed E-state index contributed by atoms with van der Waals surface area (Å²) in [5.74, 6) is 1.54. The highest BCUT2D eigenvalue weighted by Crippen LogP contribution is 2.42. The van der Waals surface area contributed by atoms with Crippen LogP contribution in [0.1, 0.15) is 50.1 Å². The van der Waals surface area contributed by atoms with Gasteiger partial charge in [-0.25, -0.2) is 4.98 Å². The van der Waals surface area contributed by atoms with Crippen LogP contribution in [0.3, 0.4) is 0 Å². The highest BCUT2D eigenvalue weighted by Gasteiger charge is 2.19. The normalized spacial score (nSPS) is 12.3. The van der Waals surface area contributed by atoms with Crippen molar-refractivity contribution < 1.29 is 9.47 Å². The summed E-state index contributed by atoms with van der Waals surface area (Å²) in [6.07, 6.45) is 2.39. The van der Waals surface area contributed by atoms with Crippen molar-refractivity contribution in [3.05, 3.63) is 95.9 Å². The fourth-order valence-corrected chi connectivity index (χ4v) is 4.74. The zero-order chi connectivity index (χ0) is 26.5. The molecule has 0 radical (unpaired) electrons. The van der Waals surface area contributed by atoms with E-state index in [0.29, 0.717) is 56.5 Å². The lowest BCUT2D eigenvalue weighted by Crippen LogP contribution is -2.23. The smallest absolute Gasteiger partial charge is 0.282 e. The van der Waals surface area contributed by atoms with Gasteiger partial charge in [-0.3, -0.25) is 4.79 Å². The fourth-order valence-electron chi connectivity index (χ4n) is 3.72. The van der Waals surface area contributed by atoms with Crippen LogP contribution in [0.15, 0.2) is 73.4 Å². The van der Waals surface area contributed by atoms with E-state index in [0.717, 1.165) is 16.5 Å². The SMILES string of the molecule is CCOc1cc(C=Nn2c([C@H](C)CC)nc3ccc(Br)cc3c2=O)c(Br)c(Cl)c1OCc1ccccc1. The molecule has 0 saturated heterocycles. The predicted molar refractivity (Wildman–Crippen MR) is 156 cm³/mol. The van der Waals surface area contributed by atoms with Crippen LogP contribution >= 0.6 is 43.5 Å². The van der Waals surface area contributed by atoms with Gasteiger partial charge in [0, 0.05) is 20.4 Å². The zero-order valence-electron chi connectivity index (χ0n) is 20.7. The van der Waals surface area contributed by atoms with Gasteiger partial charge in [-0.2, -0.15) is 9.78 Å². The molecule has 0 spiro atoms. The number of fused-ring (bicyclic) bond motifs is 1. The van der Waals surface area contributed by atoms with Gasteiger partial charge in [-0.1, -0.05) is 71.7 Å². The number of aromatic nitrogens is 2. The number of hydrogen-bond acceptors (Lipinski definition) is 5. The molecule has 4 rings (SSSR count). The third-order valence-electron chi connectivity index (χ3n) is 5.88. The van der Waals surface area contributed by atoms with Crippen LogP contribution in [0, 0.1) is 0 Å². The average molecular weight is 648 g/mol. The first-order chi connectivity index (χ1) is 17.8. The first kappa shape index (κ1) is 27.4. The average Bonchev–Trinajstić information content (AvgIpc) is 2.91. The Morgan fingerprint density at radius 2 is 1.86 bits per heavy atom. The van der Waals surface area contributed by atoms with Crippen LogP contribution in [-0.2, 0) is 6.61 Å². The van der Waals surface area contributed by atoms with Crippen molar-refractivity contribution in [3.8, 4) is 11.5 Å². The second-order valence-electron chi connectivity index (χ2n) is 8.43. The largest absolute Gasteiger partial charge is 0.490 e. The zero-order valence-corrected chi connectivity index (χ0v) is 24.6. The van der Waals surface area contributed by atoms with Crippen molar-refractivity contribution >= 4 is 60.6 Å². The third kappa shape index (κ3) is 6.08. The van der Waals surface area contributed by atoms with Crippen LogP contribution in [-0.4, -0.2) is 22.5 Å². The van der Waals surface area contributed by atoms with Gasteiger partial charge in [-0.05, 0) is 59.1 Å². The number of hydrogen-bond donors (Lipinski definition) is 0. The van der Waals surface area contributed by atoms with E-state index in [1.54, 1.807) is 18.3 Å². The van der Waals surface area contributed by atoms with E-state index in [2.05, 4.69) is 43.9 Å². The Morgan fingerprint density at radius 3 is 2.57 bits per heavy atom. The third-order valence-corrected chi connectivity index (χ3v) is 7.82. The summed E-state index contributed by atoms with van der Waals surface area (Å²) in [4.78, 5) is 18.2. The minimum Gasteiger partial charge on any atom is -0.490 e. The van der Waals surface area contributed by atoms with Gasteiger partial charge in [0.05, 0.1) is 23.7 Å². The monoisotopic (exact) mass is 645 g/mol. The molecule has 0 bridgehead atoms. The summed E-state index contributed by atoms with van der Waals surface area (Å²) < 4.78 is 14.6. The van der Waals surface area contributed by atoms with E-state index < -0.39 is 0 Å². The summed E-state index contributed by atoms with van der Waals surface area (Å²) in [6.45, 7) is 6.73. The first-order valence-corrected chi connectivity index (χ1v) is 13.9. The molecule has 0 amide bonds. The van der Waals surface area contributed by atoms with Crippen LogP contribution in [0.4, 0.5) is 0 Å². The molecular weight excluding hydrogens is 622 g/mol. The molecule has 1 aromatic heterocycles. The highest BCUT2D eigenvalue weighted by molar-refractivity contribution is 9.10. The number of nitrogens with zero attached hydrogens (tertiary/aromatic N) is 3. The van der Waals surface area contributed by atoms with E-state index in [4.69, 9.17) is 26.1 Å². The molecule has 37 heavy (non-hydrogen) atoms. The van der Waals surface area contributed by atoms with Crippen LogP contribution in [0.2, 0.25) is 5.02 Å². The first-order valence-electron chi connectivity index (χ1n) is 11.9. The summed E-state index contributed by atoms with van der Waals surface area (Å²) in [6, 6.07) is 17.1. The molecule has 1 atom stereocenters. The Morgan fingerprint density at radius 1 is 1.11 bits per heavy atom. The Balaban J connectivity index is 1.77. The van der Waals surface area contributed by atoms with Crippen molar-refractivity contribution in [2.24, 2.45) is 5.10 Å². The van der Waals surface area contributed by atoms with Gasteiger partial charge < -0.3 is 9.47 Å². The van der Waals surface area contributed by atoms with E-state index in [-0.39, 0.29) is 11.5 Å². The van der Waals surface area contributed by atoms with Gasteiger partial charge in [0.2, 0.25) is 0 Å². The molecule has 0 aliphatic heterocycles. The molecule has 0 aliphatic carbocycles. The highest BCUT2D eigenvalue weighted by atomic mass is 79.9. The minimum absolute atomic E-state index is 0.0256. The van der Waals surface area contributed by atoms with Crippen molar-refractivity contribution in [1.29, 1.82) is 0 Å². The van der Waals surface area contributed by atoms with Gasteiger partial charge >= 0.3 is 0 Å². The van der Waals surface area contributed by atoms with Crippen molar-refractivity contribution in [1.82, 2.24) is 9.66 Å². The summed E-state index contributed by atoms with van der Waals surface area (Å²) in [7, 11) is 0. The maximum Gasteiger partial charge on any atom is 0.282 e. The summed E-state index contributed by atoms with van der Waals surface area (Å²) in [5.41, 5.74) is 2.04. The molecule has 0 saturated carbocycles. The predicted octanol–water partition coefficient (Wildman–Crippen LogP) is 7.95. The van der Waals surface area contributed by atoms with Gasteiger partial charge in [0.15, 0.2) is 11.5 Å². The quantitative estimate of drug-likeness (QED) is 0.173. The maximum atomic E-state index is 13.4. The molecule has 0 N–H and O–H groups in total. The molecule has 3 aromatic carbocycles. The number of rotatable bonds is 9. The topological polar surface area (TPSA) is 65.7 Å². The second-order valence-corrected chi connectivity index (χ2v) is 10.5. The van der Waals surface area contributed by atoms with Gasteiger partial charge in [-0.15, -0.1) is 0 Å². The van der Waals surface area contributed by atoms with E-state index >= 15 is 0 Å². The lowest BCUT2D eigenvalue weighted by Gasteiger charge is -2.16. The molecule has 1 heterocycles. The molecule has 192 valence electrons. The van der Waals surface area contributed by atoms with Crippen molar-refractivity contribution in [3.63, 3.8) is 0 Å². The fraction of sp³-hybridized carbons (Fsp3) is 0.250.